The highest BCUT2D eigenvalue weighted by molar-refractivity contribution is 5.96. The Morgan fingerprint density at radius 3 is 2.16 bits per heavy atom. The van der Waals surface area contributed by atoms with Crippen LogP contribution >= 0.6 is 0 Å². The van der Waals surface area contributed by atoms with Crippen LogP contribution in [0.25, 0.3) is 11.1 Å². The molecular formula is C30H34F6N2O5. The van der Waals surface area contributed by atoms with E-state index >= 15 is 0 Å². The molecule has 43 heavy (non-hydrogen) atoms. The molecule has 2 aliphatic rings. The third kappa shape index (κ3) is 7.42. The van der Waals surface area contributed by atoms with Crippen LogP contribution in [0.1, 0.15) is 62.2 Å². The minimum absolute atomic E-state index is 0.0762. The summed E-state index contributed by atoms with van der Waals surface area (Å²) in [6, 6.07) is 9.97. The molecule has 13 heteroatoms. The van der Waals surface area contributed by atoms with Crippen LogP contribution < -0.4 is 5.56 Å². The molecule has 0 radical (unpaired) electrons. The van der Waals surface area contributed by atoms with E-state index in [1.165, 1.54) is 16.8 Å². The highest BCUT2D eigenvalue weighted by atomic mass is 19.4. The van der Waals surface area contributed by atoms with Crippen LogP contribution in [0.3, 0.4) is 0 Å². The van der Waals surface area contributed by atoms with Gasteiger partial charge in [0.1, 0.15) is 0 Å². The van der Waals surface area contributed by atoms with Crippen LogP contribution in [0, 0.1) is 11.3 Å². The molecule has 2 heterocycles. The number of amides is 1. The summed E-state index contributed by atoms with van der Waals surface area (Å²) in [5.74, 6) is -4.26. The Kier molecular flexibility index (Phi) is 9.34. The van der Waals surface area contributed by atoms with Gasteiger partial charge in [0.15, 0.2) is 0 Å². The van der Waals surface area contributed by atoms with Crippen molar-refractivity contribution in [2.75, 3.05) is 19.7 Å². The fraction of sp³-hybridized carbons (Fsp3) is 0.567. The first-order chi connectivity index (χ1) is 20.1. The number of alkyl halides is 6. The molecule has 236 valence electrons. The van der Waals surface area contributed by atoms with Crippen LogP contribution in [0.5, 0.6) is 0 Å². The zero-order valence-electron chi connectivity index (χ0n) is 23.6. The average molecular weight is 617 g/mol. The Balaban J connectivity index is 1.66. The molecule has 1 amide bonds. The Morgan fingerprint density at radius 2 is 1.60 bits per heavy atom. The highest BCUT2D eigenvalue weighted by Gasteiger charge is 2.56. The summed E-state index contributed by atoms with van der Waals surface area (Å²) < 4.78 is 85.2. The Bertz CT molecular complexity index is 1350. The molecular weight excluding hydrogens is 582 g/mol. The summed E-state index contributed by atoms with van der Waals surface area (Å²) in [4.78, 5) is 40.3. The maximum Gasteiger partial charge on any atom is 0.389 e. The maximum absolute atomic E-state index is 13.3. The summed E-state index contributed by atoms with van der Waals surface area (Å²) in [6.45, 7) is 0.892. The van der Waals surface area contributed by atoms with E-state index in [4.69, 9.17) is 4.74 Å². The topological polar surface area (TPSA) is 88.8 Å². The summed E-state index contributed by atoms with van der Waals surface area (Å²) >= 11 is 0. The number of pyridine rings is 1. The van der Waals surface area contributed by atoms with Gasteiger partial charge >= 0.3 is 18.3 Å². The van der Waals surface area contributed by atoms with Crippen molar-refractivity contribution >= 4 is 11.9 Å². The van der Waals surface area contributed by atoms with E-state index in [0.717, 1.165) is 4.90 Å². The molecule has 0 bridgehead atoms. The number of aliphatic hydroxyl groups is 1. The number of esters is 1. The molecule has 1 aliphatic heterocycles. The van der Waals surface area contributed by atoms with Crippen molar-refractivity contribution in [2.45, 2.75) is 76.4 Å². The van der Waals surface area contributed by atoms with E-state index < -0.39 is 59.6 Å². The van der Waals surface area contributed by atoms with Crippen molar-refractivity contribution in [1.29, 1.82) is 0 Å². The molecule has 1 aliphatic carbocycles. The number of aromatic nitrogens is 1. The molecule has 1 N–H and O–H groups in total. The lowest BCUT2D eigenvalue weighted by molar-refractivity contribution is -0.190. The quantitative estimate of drug-likeness (QED) is 0.302. The second-order valence-electron chi connectivity index (χ2n) is 11.5. The van der Waals surface area contributed by atoms with E-state index in [-0.39, 0.29) is 38.2 Å². The van der Waals surface area contributed by atoms with Gasteiger partial charge in [-0.1, -0.05) is 43.2 Å². The lowest BCUT2D eigenvalue weighted by atomic mass is 9.65. The third-order valence-electron chi connectivity index (χ3n) is 8.59. The van der Waals surface area contributed by atoms with Gasteiger partial charge in [0.25, 0.3) is 5.56 Å². The highest BCUT2D eigenvalue weighted by Crippen LogP contribution is 2.52. The Labute approximate surface area is 244 Å². The predicted octanol–water partition coefficient (Wildman–Crippen LogP) is 5.74. The first kappa shape index (κ1) is 32.6. The van der Waals surface area contributed by atoms with Gasteiger partial charge in [-0.15, -0.1) is 0 Å². The molecule has 1 unspecified atom stereocenters. The van der Waals surface area contributed by atoms with Crippen molar-refractivity contribution in [1.82, 2.24) is 9.47 Å². The fourth-order valence-electron chi connectivity index (χ4n) is 6.56. The van der Waals surface area contributed by atoms with Gasteiger partial charge in [-0.25, -0.2) is 4.79 Å². The SMILES string of the molecule is CCOC(=O)c1cn(CC2(O)CCN(C(=O)C(CC(F)(F)F)CC(F)(F)F)CC23CCCC3)c(=O)cc1-c1ccccc1. The Morgan fingerprint density at radius 1 is 1.00 bits per heavy atom. The van der Waals surface area contributed by atoms with Gasteiger partial charge < -0.3 is 19.3 Å². The summed E-state index contributed by atoms with van der Waals surface area (Å²) in [7, 11) is 0. The third-order valence-corrected chi connectivity index (χ3v) is 8.59. The van der Waals surface area contributed by atoms with Crippen molar-refractivity contribution in [2.24, 2.45) is 11.3 Å². The second-order valence-corrected chi connectivity index (χ2v) is 11.5. The molecule has 2 aromatic rings. The fourth-order valence-corrected chi connectivity index (χ4v) is 6.56. The summed E-state index contributed by atoms with van der Waals surface area (Å²) in [5.41, 5.74) is -2.20. The van der Waals surface area contributed by atoms with Gasteiger partial charge in [-0.3, -0.25) is 9.59 Å². The van der Waals surface area contributed by atoms with E-state index in [1.807, 2.05) is 0 Å². The van der Waals surface area contributed by atoms with Gasteiger partial charge in [0, 0.05) is 36.3 Å². The van der Waals surface area contributed by atoms with E-state index in [2.05, 4.69) is 0 Å². The first-order valence-corrected chi connectivity index (χ1v) is 14.2. The zero-order chi connectivity index (χ0) is 31.6. The van der Waals surface area contributed by atoms with E-state index in [9.17, 15) is 45.8 Å². The number of carbonyl (C=O) groups is 2. The molecule has 1 aromatic heterocycles. The minimum atomic E-state index is -4.98. The van der Waals surface area contributed by atoms with E-state index in [0.29, 0.717) is 36.8 Å². The van der Waals surface area contributed by atoms with E-state index in [1.54, 1.807) is 37.3 Å². The van der Waals surface area contributed by atoms with Gasteiger partial charge in [-0.05, 0) is 31.7 Å². The standard InChI is InChI=1S/C30H34F6N2O5/c1-2-43-26(41)23-17-38(24(39)14-22(23)20-8-4-3-5-9-20)19-28(42)12-13-37(18-27(28)10-6-7-11-27)25(40)21(15-29(31,32)33)16-30(34,35)36/h3-5,8-9,14,17,21,42H,2,6-7,10-13,15-16,18-19H2,1H3. The van der Waals surface area contributed by atoms with Crippen LogP contribution in [-0.4, -0.2) is 64.1 Å². The van der Waals surface area contributed by atoms with Crippen LogP contribution in [0.4, 0.5) is 26.3 Å². The van der Waals surface area contributed by atoms with Gasteiger partial charge in [-0.2, -0.15) is 26.3 Å². The molecule has 1 saturated heterocycles. The molecule has 1 spiro atoms. The summed E-state index contributed by atoms with van der Waals surface area (Å²) in [6.07, 6.45) is -10.7. The molecule has 4 rings (SSSR count). The Hall–Kier alpha value is -3.35. The monoisotopic (exact) mass is 616 g/mol. The number of likely N-dealkylation sites (tertiary alicyclic amines) is 1. The van der Waals surface area contributed by atoms with Crippen molar-refractivity contribution in [3.8, 4) is 11.1 Å². The number of piperidine rings is 1. The average Bonchev–Trinajstić information content (AvgIpc) is 3.39. The normalized spacial score (nSPS) is 20.5. The predicted molar refractivity (Wildman–Crippen MR) is 144 cm³/mol. The molecule has 7 nitrogen and oxygen atoms in total. The number of halogens is 6. The first-order valence-electron chi connectivity index (χ1n) is 14.2. The van der Waals surface area contributed by atoms with Crippen molar-refractivity contribution in [3.05, 3.63) is 58.5 Å². The lowest BCUT2D eigenvalue weighted by Crippen LogP contribution is -2.62. The molecule has 1 saturated carbocycles. The number of hydrogen-bond donors (Lipinski definition) is 1. The van der Waals surface area contributed by atoms with Crippen molar-refractivity contribution < 1.29 is 45.8 Å². The largest absolute Gasteiger partial charge is 0.462 e. The minimum Gasteiger partial charge on any atom is -0.462 e. The number of benzene rings is 1. The molecule has 2 fully saturated rings. The number of rotatable bonds is 8. The smallest absolute Gasteiger partial charge is 0.389 e. The van der Waals surface area contributed by atoms with Crippen LogP contribution in [-0.2, 0) is 16.1 Å². The lowest BCUT2D eigenvalue weighted by Gasteiger charge is -2.53. The number of hydrogen-bond acceptors (Lipinski definition) is 5. The maximum atomic E-state index is 13.3. The number of ether oxygens (including phenoxy) is 1. The second kappa shape index (κ2) is 12.3. The van der Waals surface area contributed by atoms with Crippen LogP contribution in [0.15, 0.2) is 47.4 Å². The molecule has 1 atom stereocenters. The van der Waals surface area contributed by atoms with Gasteiger partial charge in [0.2, 0.25) is 5.91 Å². The van der Waals surface area contributed by atoms with Crippen molar-refractivity contribution in [3.63, 3.8) is 0 Å². The summed E-state index contributed by atoms with van der Waals surface area (Å²) in [5, 5.41) is 12.1. The van der Waals surface area contributed by atoms with Crippen LogP contribution in [0.2, 0.25) is 0 Å². The molecule has 1 aromatic carbocycles. The van der Waals surface area contributed by atoms with Gasteiger partial charge in [0.05, 0.1) is 43.1 Å². The zero-order valence-corrected chi connectivity index (χ0v) is 23.6. The number of nitrogens with zero attached hydrogens (tertiary/aromatic N) is 2. The number of carbonyl (C=O) groups excluding carboxylic acids is 2.